The number of carbonyl (C=O) groups is 1. The fourth-order valence-electron chi connectivity index (χ4n) is 3.45. The van der Waals surface area contributed by atoms with Crippen LogP contribution in [-0.4, -0.2) is 47.2 Å². The number of ether oxygens (including phenoxy) is 1. The molecule has 1 aromatic carbocycles. The van der Waals surface area contributed by atoms with Gasteiger partial charge >= 0.3 is 0 Å². The van der Waals surface area contributed by atoms with E-state index in [9.17, 15) is 9.59 Å². The van der Waals surface area contributed by atoms with Gasteiger partial charge < -0.3 is 15.4 Å². The predicted molar refractivity (Wildman–Crippen MR) is 111 cm³/mol. The van der Waals surface area contributed by atoms with E-state index in [4.69, 9.17) is 15.5 Å². The Labute approximate surface area is 166 Å². The molecule has 2 N–H and O–H groups in total. The normalized spacial score (nSPS) is 12.3. The van der Waals surface area contributed by atoms with E-state index in [1.165, 1.54) is 0 Å². The van der Waals surface area contributed by atoms with E-state index in [1.54, 1.807) is 29.6 Å². The molecule has 0 aliphatic heterocycles. The minimum absolute atomic E-state index is 0.0213. The Bertz CT molecular complexity index is 834. The van der Waals surface area contributed by atoms with Crippen LogP contribution in [0.4, 0.5) is 0 Å². The predicted octanol–water partition coefficient (Wildman–Crippen LogP) is 2.47. The first-order chi connectivity index (χ1) is 13.5. The molecule has 1 heterocycles. The first-order valence-corrected chi connectivity index (χ1v) is 9.97. The van der Waals surface area contributed by atoms with Gasteiger partial charge in [-0.15, -0.1) is 0 Å². The van der Waals surface area contributed by atoms with Crippen molar-refractivity contribution in [2.75, 3.05) is 26.8 Å². The molecule has 0 spiro atoms. The van der Waals surface area contributed by atoms with Crippen molar-refractivity contribution in [3.8, 4) is 0 Å². The highest BCUT2D eigenvalue weighted by Gasteiger charge is 2.23. The van der Waals surface area contributed by atoms with Crippen molar-refractivity contribution in [3.63, 3.8) is 0 Å². The van der Waals surface area contributed by atoms with E-state index in [0.717, 1.165) is 25.7 Å². The van der Waals surface area contributed by atoms with Crippen LogP contribution < -0.4 is 11.3 Å². The van der Waals surface area contributed by atoms with E-state index in [-0.39, 0.29) is 17.5 Å². The molecule has 0 aliphatic carbocycles. The topological polar surface area (TPSA) is 90.4 Å². The average molecular weight is 389 g/mol. The van der Waals surface area contributed by atoms with Crippen LogP contribution in [0.1, 0.15) is 51.4 Å². The highest BCUT2D eigenvalue weighted by atomic mass is 16.5. The maximum absolute atomic E-state index is 13.0. The van der Waals surface area contributed by atoms with Crippen molar-refractivity contribution in [2.45, 2.75) is 52.1 Å². The first-order valence-electron chi connectivity index (χ1n) is 9.97. The number of amides is 1. The van der Waals surface area contributed by atoms with Gasteiger partial charge in [0.15, 0.2) is 0 Å². The fraction of sp³-hybridized carbons (Fsp3) is 0.571. The van der Waals surface area contributed by atoms with Crippen LogP contribution >= 0.6 is 0 Å². The third-order valence-corrected chi connectivity index (χ3v) is 5.01. The number of hydrogen-bond donors (Lipinski definition) is 1. The maximum Gasteiger partial charge on any atom is 0.261 e. The van der Waals surface area contributed by atoms with E-state index in [2.05, 4.69) is 0 Å². The van der Waals surface area contributed by atoms with Crippen molar-refractivity contribution < 1.29 is 9.53 Å². The zero-order chi connectivity index (χ0) is 20.5. The number of carbonyl (C=O) groups excluding carboxylic acids is 1. The number of hydrogen-bond acceptors (Lipinski definition) is 5. The summed E-state index contributed by atoms with van der Waals surface area (Å²) in [4.78, 5) is 31.9. The smallest absolute Gasteiger partial charge is 0.261 e. The number of methoxy groups -OCH3 is 1. The van der Waals surface area contributed by atoms with Crippen LogP contribution in [0.3, 0.4) is 0 Å². The lowest BCUT2D eigenvalue weighted by atomic mass is 10.1. The second kappa shape index (κ2) is 10.9. The molecule has 0 saturated carbocycles. The molecule has 1 amide bonds. The number of nitrogens with zero attached hydrogens (tertiary/aromatic N) is 3. The van der Waals surface area contributed by atoms with Gasteiger partial charge in [-0.05, 0) is 38.4 Å². The molecule has 1 aromatic heterocycles. The van der Waals surface area contributed by atoms with Crippen molar-refractivity contribution in [2.24, 2.45) is 5.73 Å². The van der Waals surface area contributed by atoms with Gasteiger partial charge in [0.05, 0.1) is 30.1 Å². The number of unbranched alkanes of at least 4 members (excludes halogenated alkanes) is 3. The summed E-state index contributed by atoms with van der Waals surface area (Å²) in [6.45, 7) is 5.62. The zero-order valence-corrected chi connectivity index (χ0v) is 17.2. The van der Waals surface area contributed by atoms with Crippen molar-refractivity contribution >= 4 is 16.8 Å². The van der Waals surface area contributed by atoms with Gasteiger partial charge in [0.1, 0.15) is 5.82 Å². The Balaban J connectivity index is 2.35. The number of rotatable bonds is 11. The Morgan fingerprint density at radius 3 is 2.64 bits per heavy atom. The molecule has 0 saturated heterocycles. The quantitative estimate of drug-likeness (QED) is 0.597. The minimum Gasteiger partial charge on any atom is -0.383 e. The number of nitrogens with two attached hydrogens (primary N) is 1. The Kier molecular flexibility index (Phi) is 8.60. The van der Waals surface area contributed by atoms with Crippen LogP contribution in [0.15, 0.2) is 29.1 Å². The van der Waals surface area contributed by atoms with Crippen LogP contribution in [0.25, 0.3) is 10.9 Å². The summed E-state index contributed by atoms with van der Waals surface area (Å²) in [7, 11) is 1.60. The summed E-state index contributed by atoms with van der Waals surface area (Å²) >= 11 is 0. The van der Waals surface area contributed by atoms with E-state index >= 15 is 0 Å². The summed E-state index contributed by atoms with van der Waals surface area (Å²) < 4.78 is 6.82. The van der Waals surface area contributed by atoms with Crippen molar-refractivity contribution in [3.05, 3.63) is 40.4 Å². The van der Waals surface area contributed by atoms with E-state index in [0.29, 0.717) is 43.0 Å². The molecule has 28 heavy (non-hydrogen) atoms. The number of para-hydroxylation sites is 1. The van der Waals surface area contributed by atoms with Crippen molar-refractivity contribution in [1.29, 1.82) is 0 Å². The first kappa shape index (κ1) is 22.0. The monoisotopic (exact) mass is 388 g/mol. The van der Waals surface area contributed by atoms with Crippen LogP contribution in [0.5, 0.6) is 0 Å². The average Bonchev–Trinajstić information content (AvgIpc) is 2.69. The molecule has 0 aliphatic rings. The molecular weight excluding hydrogens is 356 g/mol. The summed E-state index contributed by atoms with van der Waals surface area (Å²) in [5.41, 5.74) is 6.09. The third-order valence-electron chi connectivity index (χ3n) is 5.01. The van der Waals surface area contributed by atoms with Gasteiger partial charge in [0, 0.05) is 20.6 Å². The summed E-state index contributed by atoms with van der Waals surface area (Å²) in [5.74, 6) is 0.574. The lowest BCUT2D eigenvalue weighted by Crippen LogP contribution is -2.37. The fourth-order valence-corrected chi connectivity index (χ4v) is 3.45. The number of aromatic nitrogens is 2. The molecule has 0 fully saturated rings. The molecule has 154 valence electrons. The molecule has 2 aromatic rings. The molecule has 0 radical (unpaired) electrons. The summed E-state index contributed by atoms with van der Waals surface area (Å²) in [6, 6.07) is 7.00. The molecular formula is C21H32N4O3. The highest BCUT2D eigenvalue weighted by molar-refractivity contribution is 5.77. The molecule has 7 heteroatoms. The lowest BCUT2D eigenvalue weighted by Gasteiger charge is -2.29. The summed E-state index contributed by atoms with van der Waals surface area (Å²) in [5, 5.41) is 0.575. The second-order valence-corrected chi connectivity index (χ2v) is 7.03. The van der Waals surface area contributed by atoms with Gasteiger partial charge in [0.2, 0.25) is 5.91 Å². The standard InChI is InChI=1S/C21H32N4O3/c1-16(24(17(2)26)13-9-5-4-8-12-22)20-23-19-11-7-6-10-18(19)21(27)25(20)14-15-28-3/h6-7,10-11,16H,4-5,8-9,12-15,22H2,1-3H3/t16-/m0/s1. The third kappa shape index (κ3) is 5.39. The van der Waals surface area contributed by atoms with Gasteiger partial charge in [-0.25, -0.2) is 4.98 Å². The zero-order valence-electron chi connectivity index (χ0n) is 17.2. The minimum atomic E-state index is -0.304. The Morgan fingerprint density at radius 1 is 1.25 bits per heavy atom. The molecule has 1 atom stereocenters. The van der Waals surface area contributed by atoms with Gasteiger partial charge in [-0.3, -0.25) is 14.2 Å². The van der Waals surface area contributed by atoms with Crippen LogP contribution in [0, 0.1) is 0 Å². The Hall–Kier alpha value is -2.25. The van der Waals surface area contributed by atoms with Gasteiger partial charge in [-0.1, -0.05) is 25.0 Å². The molecule has 7 nitrogen and oxygen atoms in total. The largest absolute Gasteiger partial charge is 0.383 e. The van der Waals surface area contributed by atoms with Gasteiger partial charge in [-0.2, -0.15) is 0 Å². The van der Waals surface area contributed by atoms with Crippen LogP contribution in [0.2, 0.25) is 0 Å². The van der Waals surface area contributed by atoms with Gasteiger partial charge in [0.25, 0.3) is 5.56 Å². The van der Waals surface area contributed by atoms with Crippen LogP contribution in [-0.2, 0) is 16.1 Å². The van der Waals surface area contributed by atoms with E-state index < -0.39 is 0 Å². The van der Waals surface area contributed by atoms with Crippen molar-refractivity contribution in [1.82, 2.24) is 14.5 Å². The highest BCUT2D eigenvalue weighted by Crippen LogP contribution is 2.21. The lowest BCUT2D eigenvalue weighted by molar-refractivity contribution is -0.131. The number of fused-ring (bicyclic) bond motifs is 1. The molecule has 0 unspecified atom stereocenters. The van der Waals surface area contributed by atoms with E-state index in [1.807, 2.05) is 25.1 Å². The Morgan fingerprint density at radius 2 is 1.96 bits per heavy atom. The second-order valence-electron chi connectivity index (χ2n) is 7.03. The maximum atomic E-state index is 13.0. The number of benzene rings is 1. The molecule has 0 bridgehead atoms. The SMILES string of the molecule is COCCn1c([C@H](C)N(CCCCCCN)C(C)=O)nc2ccccc2c1=O. The molecule has 2 rings (SSSR count). The summed E-state index contributed by atoms with van der Waals surface area (Å²) in [6.07, 6.45) is 3.98.